The summed E-state index contributed by atoms with van der Waals surface area (Å²) >= 11 is 0. The van der Waals surface area contributed by atoms with Crippen LogP contribution < -0.4 is 4.90 Å². The molecule has 1 atom stereocenters. The van der Waals surface area contributed by atoms with Crippen LogP contribution in [0, 0.1) is 18.3 Å². The van der Waals surface area contributed by atoms with E-state index in [0.29, 0.717) is 11.1 Å². The SMILES string of the molecule is Cc1nc(N2CCC3(CCC[C@H]3C)CC2)c(CO)nc1-c1cccc(-c2ccnn2C)c1. The van der Waals surface area contributed by atoms with Crippen LogP contribution in [0.1, 0.15) is 50.4 Å². The first-order chi connectivity index (χ1) is 15.5. The number of benzene rings is 1. The fourth-order valence-electron chi connectivity index (χ4n) is 5.88. The summed E-state index contributed by atoms with van der Waals surface area (Å²) < 4.78 is 1.87. The van der Waals surface area contributed by atoms with Crippen LogP contribution in [0.3, 0.4) is 0 Å². The molecule has 1 aromatic carbocycles. The van der Waals surface area contributed by atoms with Crippen LogP contribution in [0.4, 0.5) is 5.82 Å². The second-order valence-corrected chi connectivity index (χ2v) is 9.65. The molecule has 3 heterocycles. The van der Waals surface area contributed by atoms with Crippen molar-refractivity contribution in [3.05, 3.63) is 47.9 Å². The Morgan fingerprint density at radius 1 is 1.09 bits per heavy atom. The Hall–Kier alpha value is -2.73. The molecule has 1 aliphatic carbocycles. The molecule has 1 N–H and O–H groups in total. The summed E-state index contributed by atoms with van der Waals surface area (Å²) in [5.74, 6) is 1.68. The molecular weight excluding hydrogens is 398 g/mol. The van der Waals surface area contributed by atoms with Crippen LogP contribution in [0.2, 0.25) is 0 Å². The molecule has 6 nitrogen and oxygen atoms in total. The zero-order valence-electron chi connectivity index (χ0n) is 19.4. The van der Waals surface area contributed by atoms with E-state index in [1.807, 2.05) is 30.8 Å². The van der Waals surface area contributed by atoms with Gasteiger partial charge >= 0.3 is 0 Å². The summed E-state index contributed by atoms with van der Waals surface area (Å²) in [5, 5.41) is 14.4. The van der Waals surface area contributed by atoms with Crippen LogP contribution in [-0.2, 0) is 13.7 Å². The summed E-state index contributed by atoms with van der Waals surface area (Å²) in [6.07, 6.45) is 8.34. The second kappa shape index (κ2) is 8.32. The van der Waals surface area contributed by atoms with Crippen LogP contribution in [-0.4, -0.2) is 37.9 Å². The van der Waals surface area contributed by atoms with Gasteiger partial charge in [0.25, 0.3) is 0 Å². The van der Waals surface area contributed by atoms with Crippen LogP contribution >= 0.6 is 0 Å². The van der Waals surface area contributed by atoms with Gasteiger partial charge < -0.3 is 10.0 Å². The van der Waals surface area contributed by atoms with Crippen LogP contribution in [0.25, 0.3) is 22.5 Å². The van der Waals surface area contributed by atoms with Gasteiger partial charge in [-0.2, -0.15) is 5.10 Å². The van der Waals surface area contributed by atoms with Gasteiger partial charge in [0, 0.05) is 37.5 Å². The first-order valence-electron chi connectivity index (χ1n) is 11.8. The molecule has 1 saturated carbocycles. The van der Waals surface area contributed by atoms with Gasteiger partial charge in [-0.25, -0.2) is 9.97 Å². The summed E-state index contributed by atoms with van der Waals surface area (Å²) in [4.78, 5) is 12.2. The van der Waals surface area contributed by atoms with Crippen molar-refractivity contribution in [2.75, 3.05) is 18.0 Å². The fourth-order valence-corrected chi connectivity index (χ4v) is 5.88. The lowest BCUT2D eigenvalue weighted by atomic mass is 9.71. The topological polar surface area (TPSA) is 67.1 Å². The van der Waals surface area contributed by atoms with E-state index in [1.165, 1.54) is 32.1 Å². The van der Waals surface area contributed by atoms with Crippen LogP contribution in [0.5, 0.6) is 0 Å². The predicted molar refractivity (Wildman–Crippen MR) is 127 cm³/mol. The molecule has 6 heteroatoms. The Kier molecular flexibility index (Phi) is 5.49. The van der Waals surface area contributed by atoms with Gasteiger partial charge in [0.2, 0.25) is 0 Å². The zero-order valence-corrected chi connectivity index (χ0v) is 19.4. The second-order valence-electron chi connectivity index (χ2n) is 9.65. The Balaban J connectivity index is 1.44. The Morgan fingerprint density at radius 2 is 1.88 bits per heavy atom. The fraction of sp³-hybridized carbons (Fsp3) is 0.500. The summed E-state index contributed by atoms with van der Waals surface area (Å²) in [6.45, 7) is 6.35. The lowest BCUT2D eigenvalue weighted by molar-refractivity contribution is 0.161. The van der Waals surface area contributed by atoms with E-state index in [0.717, 1.165) is 53.0 Å². The molecule has 168 valence electrons. The molecule has 1 spiro atoms. The number of aromatic nitrogens is 4. The molecule has 32 heavy (non-hydrogen) atoms. The minimum atomic E-state index is -0.102. The smallest absolute Gasteiger partial charge is 0.153 e. The van der Waals surface area contributed by atoms with Crippen molar-refractivity contribution < 1.29 is 5.11 Å². The van der Waals surface area contributed by atoms with Gasteiger partial charge in [-0.15, -0.1) is 0 Å². The lowest BCUT2D eigenvalue weighted by Crippen LogP contribution is -2.42. The van der Waals surface area contributed by atoms with Gasteiger partial charge in [-0.3, -0.25) is 4.68 Å². The van der Waals surface area contributed by atoms with E-state index in [4.69, 9.17) is 9.97 Å². The predicted octanol–water partition coefficient (Wildman–Crippen LogP) is 4.75. The number of aryl methyl sites for hydroxylation is 2. The molecule has 2 fully saturated rings. The number of nitrogens with zero attached hydrogens (tertiary/aromatic N) is 5. The van der Waals surface area contributed by atoms with Crippen molar-refractivity contribution >= 4 is 5.82 Å². The highest BCUT2D eigenvalue weighted by Gasteiger charge is 2.42. The van der Waals surface area contributed by atoms with Crippen molar-refractivity contribution in [1.29, 1.82) is 0 Å². The largest absolute Gasteiger partial charge is 0.390 e. The summed E-state index contributed by atoms with van der Waals surface area (Å²) in [7, 11) is 1.95. The quantitative estimate of drug-likeness (QED) is 0.646. The standard InChI is InChI=1S/C26H33N5O/c1-18-6-5-10-26(18)11-14-31(15-12-26)25-22(17-32)29-24(19(2)28-25)21-8-4-7-20(16-21)23-9-13-27-30(23)3/h4,7-9,13,16,18,32H,5-6,10-12,14-15,17H2,1-3H3/t18-/m1/s1. The van der Waals surface area contributed by atoms with Gasteiger partial charge in [0.1, 0.15) is 5.69 Å². The van der Waals surface area contributed by atoms with Crippen molar-refractivity contribution in [2.45, 2.75) is 52.6 Å². The first kappa shape index (κ1) is 21.1. The van der Waals surface area contributed by atoms with Crippen molar-refractivity contribution in [3.63, 3.8) is 0 Å². The maximum absolute atomic E-state index is 10.2. The van der Waals surface area contributed by atoms with Gasteiger partial charge in [0.15, 0.2) is 5.82 Å². The number of anilines is 1. The van der Waals surface area contributed by atoms with Crippen LogP contribution in [0.15, 0.2) is 36.5 Å². The Labute approximate surface area is 190 Å². The van der Waals surface area contributed by atoms with Crippen molar-refractivity contribution in [1.82, 2.24) is 19.7 Å². The highest BCUT2D eigenvalue weighted by Crippen LogP contribution is 2.50. The van der Waals surface area contributed by atoms with Gasteiger partial charge in [0.05, 0.1) is 23.7 Å². The number of aliphatic hydroxyl groups is 1. The maximum atomic E-state index is 10.2. The molecule has 0 unspecified atom stereocenters. The van der Waals surface area contributed by atoms with E-state index >= 15 is 0 Å². The van der Waals surface area contributed by atoms with E-state index in [-0.39, 0.29) is 6.61 Å². The molecule has 2 aliphatic rings. The molecule has 0 amide bonds. The molecular formula is C26H33N5O. The summed E-state index contributed by atoms with van der Waals surface area (Å²) in [6, 6.07) is 10.3. The third-order valence-corrected chi connectivity index (χ3v) is 7.94. The van der Waals surface area contributed by atoms with E-state index < -0.39 is 0 Å². The number of rotatable bonds is 4. The molecule has 0 radical (unpaired) electrons. The van der Waals surface area contributed by atoms with Gasteiger partial charge in [-0.1, -0.05) is 38.0 Å². The van der Waals surface area contributed by atoms with E-state index in [2.05, 4.69) is 35.1 Å². The number of aliphatic hydroxyl groups excluding tert-OH is 1. The number of hydrogen-bond donors (Lipinski definition) is 1. The lowest BCUT2D eigenvalue weighted by Gasteiger charge is -2.43. The number of hydrogen-bond acceptors (Lipinski definition) is 5. The monoisotopic (exact) mass is 431 g/mol. The van der Waals surface area contributed by atoms with Crippen molar-refractivity contribution in [3.8, 4) is 22.5 Å². The molecule has 3 aromatic rings. The van der Waals surface area contributed by atoms with E-state index in [1.54, 1.807) is 6.20 Å². The highest BCUT2D eigenvalue weighted by atomic mass is 16.3. The molecule has 1 aliphatic heterocycles. The third kappa shape index (κ3) is 3.60. The molecule has 0 bridgehead atoms. The first-order valence-corrected chi connectivity index (χ1v) is 11.8. The van der Waals surface area contributed by atoms with E-state index in [9.17, 15) is 5.11 Å². The Bertz CT molecular complexity index is 1110. The van der Waals surface area contributed by atoms with Gasteiger partial charge in [-0.05, 0) is 49.7 Å². The minimum Gasteiger partial charge on any atom is -0.390 e. The number of piperidine rings is 1. The molecule has 5 rings (SSSR count). The Morgan fingerprint density at radius 3 is 2.53 bits per heavy atom. The highest BCUT2D eigenvalue weighted by molar-refractivity contribution is 5.71. The molecule has 2 aromatic heterocycles. The average molecular weight is 432 g/mol. The third-order valence-electron chi connectivity index (χ3n) is 7.94. The summed E-state index contributed by atoms with van der Waals surface area (Å²) in [5.41, 5.74) is 6.07. The zero-order chi connectivity index (χ0) is 22.3. The molecule has 1 saturated heterocycles. The maximum Gasteiger partial charge on any atom is 0.153 e. The van der Waals surface area contributed by atoms with Crippen molar-refractivity contribution in [2.24, 2.45) is 18.4 Å². The average Bonchev–Trinajstić information content (AvgIpc) is 3.40. The minimum absolute atomic E-state index is 0.102. The normalized spacial score (nSPS) is 20.2.